The third-order valence-corrected chi connectivity index (χ3v) is 5.46. The first kappa shape index (κ1) is 18.8. The zero-order valence-electron chi connectivity index (χ0n) is 14.2. The normalized spacial score (nSPS) is 11.6. The van der Waals surface area contributed by atoms with E-state index in [4.69, 9.17) is 0 Å². The van der Waals surface area contributed by atoms with Crippen LogP contribution in [-0.4, -0.2) is 26.3 Å². The minimum absolute atomic E-state index is 0.145. The Kier molecular flexibility index (Phi) is 5.99. The Labute approximate surface area is 163 Å². The van der Waals surface area contributed by atoms with Gasteiger partial charge in [0.2, 0.25) is 11.0 Å². The Hall–Kier alpha value is -2.98. The first-order chi connectivity index (χ1) is 13.0. The summed E-state index contributed by atoms with van der Waals surface area (Å²) >= 11 is 2.57. The van der Waals surface area contributed by atoms with Crippen LogP contribution < -0.4 is 10.6 Å². The van der Waals surface area contributed by atoms with Crippen LogP contribution in [0, 0.1) is 10.1 Å². The summed E-state index contributed by atoms with van der Waals surface area (Å²) in [5, 5.41) is 25.0. The van der Waals surface area contributed by atoms with Gasteiger partial charge >= 0.3 is 0 Å². The van der Waals surface area contributed by atoms with E-state index in [0.29, 0.717) is 9.47 Å². The van der Waals surface area contributed by atoms with Gasteiger partial charge < -0.3 is 10.6 Å². The van der Waals surface area contributed by atoms with Crippen molar-refractivity contribution in [1.29, 1.82) is 0 Å². The zero-order chi connectivity index (χ0) is 19.2. The Bertz CT molecular complexity index is 949. The lowest BCUT2D eigenvalue weighted by Crippen LogP contribution is -2.22. The molecule has 0 radical (unpaired) electrons. The highest BCUT2D eigenvalue weighted by molar-refractivity contribution is 8.02. The maximum absolute atomic E-state index is 12.4. The molecule has 3 aromatic rings. The number of nitrogens with zero attached hydrogens (tertiary/aromatic N) is 3. The third-order valence-electron chi connectivity index (χ3n) is 3.44. The van der Waals surface area contributed by atoms with Crippen molar-refractivity contribution in [3.05, 3.63) is 64.7 Å². The quantitative estimate of drug-likeness (QED) is 0.345. The van der Waals surface area contributed by atoms with Crippen molar-refractivity contribution in [1.82, 2.24) is 10.2 Å². The molecule has 1 atom stereocenters. The molecule has 0 bridgehead atoms. The van der Waals surface area contributed by atoms with E-state index >= 15 is 0 Å². The van der Waals surface area contributed by atoms with E-state index in [1.54, 1.807) is 19.1 Å². The highest BCUT2D eigenvalue weighted by atomic mass is 32.2. The molecule has 1 heterocycles. The molecule has 1 aromatic heterocycles. The van der Waals surface area contributed by atoms with E-state index in [0.717, 1.165) is 5.69 Å². The number of amides is 1. The van der Waals surface area contributed by atoms with Crippen LogP contribution >= 0.6 is 23.1 Å². The van der Waals surface area contributed by atoms with Gasteiger partial charge in [0.15, 0.2) is 4.34 Å². The van der Waals surface area contributed by atoms with E-state index in [1.165, 1.54) is 35.2 Å². The number of anilines is 3. The summed E-state index contributed by atoms with van der Waals surface area (Å²) < 4.78 is 0.624. The smallest absolute Gasteiger partial charge is 0.292 e. The number of thioether (sulfide) groups is 1. The van der Waals surface area contributed by atoms with Crippen molar-refractivity contribution in [2.75, 3.05) is 10.6 Å². The van der Waals surface area contributed by atoms with Crippen LogP contribution in [0.15, 0.2) is 58.9 Å². The molecule has 2 N–H and O–H groups in total. The molecule has 0 fully saturated rings. The average molecular weight is 401 g/mol. The Morgan fingerprint density at radius 3 is 2.59 bits per heavy atom. The Balaban J connectivity index is 1.61. The maximum Gasteiger partial charge on any atom is 0.292 e. The molecule has 1 unspecified atom stereocenters. The molecule has 0 aliphatic heterocycles. The third kappa shape index (κ3) is 5.02. The fourth-order valence-electron chi connectivity index (χ4n) is 2.13. The van der Waals surface area contributed by atoms with E-state index in [2.05, 4.69) is 20.8 Å². The predicted octanol–water partition coefficient (Wildman–Crippen LogP) is 4.31. The fraction of sp³-hybridized carbons (Fsp3) is 0.118. The van der Waals surface area contributed by atoms with Crippen LogP contribution in [-0.2, 0) is 4.79 Å². The predicted molar refractivity (Wildman–Crippen MR) is 107 cm³/mol. The van der Waals surface area contributed by atoms with Gasteiger partial charge in [0.05, 0.1) is 10.2 Å². The summed E-state index contributed by atoms with van der Waals surface area (Å²) in [6.07, 6.45) is 0. The molecule has 3 rings (SSSR count). The van der Waals surface area contributed by atoms with Gasteiger partial charge in [-0.15, -0.1) is 10.2 Å². The van der Waals surface area contributed by atoms with Crippen LogP contribution in [0.1, 0.15) is 6.92 Å². The summed E-state index contributed by atoms with van der Waals surface area (Å²) in [6, 6.07) is 15.6. The van der Waals surface area contributed by atoms with Crippen LogP contribution in [0.3, 0.4) is 0 Å². The summed E-state index contributed by atoms with van der Waals surface area (Å²) in [5.41, 5.74) is 0.921. The molecule has 0 aliphatic rings. The number of carbonyl (C=O) groups excluding carboxylic acids is 1. The van der Waals surface area contributed by atoms with Crippen LogP contribution in [0.5, 0.6) is 0 Å². The van der Waals surface area contributed by atoms with Gasteiger partial charge in [-0.2, -0.15) is 0 Å². The number of nitro groups is 1. The van der Waals surface area contributed by atoms with Gasteiger partial charge in [0.1, 0.15) is 5.69 Å². The molecule has 10 heteroatoms. The maximum atomic E-state index is 12.4. The number of hydrogen-bond donors (Lipinski definition) is 2. The van der Waals surface area contributed by atoms with E-state index in [1.807, 2.05) is 30.3 Å². The van der Waals surface area contributed by atoms with Gasteiger partial charge in [-0.25, -0.2) is 0 Å². The van der Waals surface area contributed by atoms with E-state index in [9.17, 15) is 14.9 Å². The minimum Gasteiger partial charge on any atom is -0.330 e. The number of para-hydroxylation sites is 3. The molecular formula is C17H15N5O3S2. The first-order valence-corrected chi connectivity index (χ1v) is 9.59. The molecule has 0 spiro atoms. The first-order valence-electron chi connectivity index (χ1n) is 7.89. The van der Waals surface area contributed by atoms with Gasteiger partial charge in [-0.05, 0) is 25.1 Å². The lowest BCUT2D eigenvalue weighted by atomic mass is 10.2. The molecule has 8 nitrogen and oxygen atoms in total. The largest absolute Gasteiger partial charge is 0.330 e. The number of nitrogens with one attached hydrogen (secondary N) is 2. The van der Waals surface area contributed by atoms with Crippen molar-refractivity contribution in [2.24, 2.45) is 0 Å². The second kappa shape index (κ2) is 8.60. The Morgan fingerprint density at radius 1 is 1.15 bits per heavy atom. The fourth-order valence-corrected chi connectivity index (χ4v) is 4.05. The molecule has 27 heavy (non-hydrogen) atoms. The van der Waals surface area contributed by atoms with Crippen molar-refractivity contribution in [3.8, 4) is 0 Å². The van der Waals surface area contributed by atoms with Gasteiger partial charge in [-0.3, -0.25) is 14.9 Å². The second-order valence-corrected chi connectivity index (χ2v) is 7.95. The van der Waals surface area contributed by atoms with Crippen LogP contribution in [0.4, 0.5) is 22.2 Å². The van der Waals surface area contributed by atoms with Crippen molar-refractivity contribution >= 4 is 51.2 Å². The topological polar surface area (TPSA) is 110 Å². The SMILES string of the molecule is CC(Sc1nnc(Nc2ccccc2)s1)C(=O)Nc1ccccc1[N+](=O)[O-]. The molecule has 0 saturated carbocycles. The number of rotatable bonds is 7. The van der Waals surface area contributed by atoms with Crippen molar-refractivity contribution in [2.45, 2.75) is 16.5 Å². The van der Waals surface area contributed by atoms with Gasteiger partial charge in [0.25, 0.3) is 5.69 Å². The number of aromatic nitrogens is 2. The van der Waals surface area contributed by atoms with Gasteiger partial charge in [0, 0.05) is 11.8 Å². The van der Waals surface area contributed by atoms with Crippen molar-refractivity contribution < 1.29 is 9.72 Å². The van der Waals surface area contributed by atoms with Crippen LogP contribution in [0.25, 0.3) is 0 Å². The number of hydrogen-bond acceptors (Lipinski definition) is 8. The number of nitro benzene ring substituents is 1. The standard InChI is InChI=1S/C17H15N5O3S2/c1-11(15(23)19-13-9-5-6-10-14(13)22(24)25)26-17-21-20-16(27-17)18-12-7-3-2-4-8-12/h2-11H,1H3,(H,18,20)(H,19,23). The molecule has 1 amide bonds. The van der Waals surface area contributed by atoms with E-state index < -0.39 is 10.2 Å². The monoisotopic (exact) mass is 401 g/mol. The lowest BCUT2D eigenvalue weighted by molar-refractivity contribution is -0.383. The highest BCUT2D eigenvalue weighted by Gasteiger charge is 2.21. The molecule has 0 saturated heterocycles. The van der Waals surface area contributed by atoms with Crippen molar-refractivity contribution in [3.63, 3.8) is 0 Å². The Morgan fingerprint density at radius 2 is 1.85 bits per heavy atom. The highest BCUT2D eigenvalue weighted by Crippen LogP contribution is 2.31. The van der Waals surface area contributed by atoms with Crippen LogP contribution in [0.2, 0.25) is 0 Å². The van der Waals surface area contributed by atoms with E-state index in [-0.39, 0.29) is 17.3 Å². The summed E-state index contributed by atoms with van der Waals surface area (Å²) in [5.74, 6) is -0.345. The molecule has 2 aromatic carbocycles. The lowest BCUT2D eigenvalue weighted by Gasteiger charge is -2.10. The molecule has 138 valence electrons. The van der Waals surface area contributed by atoms with Gasteiger partial charge in [-0.1, -0.05) is 53.4 Å². The second-order valence-electron chi connectivity index (χ2n) is 5.39. The number of benzene rings is 2. The summed E-state index contributed by atoms with van der Waals surface area (Å²) in [6.45, 7) is 1.71. The minimum atomic E-state index is -0.528. The summed E-state index contributed by atoms with van der Waals surface area (Å²) in [7, 11) is 0. The summed E-state index contributed by atoms with van der Waals surface area (Å²) in [4.78, 5) is 22.9. The number of carbonyl (C=O) groups is 1. The zero-order valence-corrected chi connectivity index (χ0v) is 15.8. The average Bonchev–Trinajstić information content (AvgIpc) is 3.09. The molecular weight excluding hydrogens is 386 g/mol. The molecule has 0 aliphatic carbocycles.